The van der Waals surface area contributed by atoms with Gasteiger partial charge in [0.15, 0.2) is 29.5 Å². The van der Waals surface area contributed by atoms with Crippen molar-refractivity contribution >= 4 is 231 Å². The van der Waals surface area contributed by atoms with E-state index in [4.69, 9.17) is 119 Å². The maximum absolute atomic E-state index is 13.9. The van der Waals surface area contributed by atoms with Gasteiger partial charge in [-0.25, -0.2) is 15.0 Å². The summed E-state index contributed by atoms with van der Waals surface area (Å²) in [6, 6.07) is 18.0. The van der Waals surface area contributed by atoms with Crippen molar-refractivity contribution in [3.63, 3.8) is 0 Å². The Balaban J connectivity index is 1.50. The molecule has 8 rings (SSSR count). The first-order chi connectivity index (χ1) is 29.2. The molecule has 260 valence electrons. The van der Waals surface area contributed by atoms with Crippen molar-refractivity contribution in [1.82, 2.24) is 15.0 Å². The number of hydrogen-bond donors (Lipinski definition) is 0. The van der Waals surface area contributed by atoms with E-state index in [-0.39, 0.29) is 128 Å². The lowest BCUT2D eigenvalue weighted by atomic mass is 9.56. The largest absolute Gasteiger partial charge is 0.479 e. The van der Waals surface area contributed by atoms with E-state index >= 15 is 0 Å². The average Bonchev–Trinajstić information content (AvgIpc) is 3.25. The Bertz CT molecular complexity index is 3180. The van der Waals surface area contributed by atoms with E-state index < -0.39 is 17.6 Å². The molecule has 7 aromatic carbocycles. The zero-order valence-electron chi connectivity index (χ0n) is 32.1. The summed E-state index contributed by atoms with van der Waals surface area (Å²) in [7, 11) is 89.6. The Morgan fingerprint density at radius 2 is 0.661 bits per heavy atom. The molecule has 4 nitrogen and oxygen atoms in total. The third kappa shape index (κ3) is 7.09. The van der Waals surface area contributed by atoms with Gasteiger partial charge in [0.05, 0.1) is 5.56 Å². The van der Waals surface area contributed by atoms with Gasteiger partial charge in [-0.2, -0.15) is 13.2 Å². The molecule has 0 saturated carbocycles. The topological polar surface area (TPSA) is 47.9 Å². The van der Waals surface area contributed by atoms with Gasteiger partial charge in [0.25, 0.3) is 0 Å². The number of benzene rings is 7. The first-order valence-corrected chi connectivity index (χ1v) is 18.8. The summed E-state index contributed by atoms with van der Waals surface area (Å²) in [6.07, 6.45) is 0. The number of alkyl halides is 3. The van der Waals surface area contributed by atoms with Gasteiger partial charge in [0, 0.05) is 11.1 Å². The van der Waals surface area contributed by atoms with Gasteiger partial charge in [-0.3, -0.25) is 0 Å². The van der Waals surface area contributed by atoms with Crippen LogP contribution in [0.25, 0.3) is 77.6 Å². The Kier molecular flexibility index (Phi) is 11.4. The molecule has 0 N–H and O–H groups in total. The molecule has 0 saturated heterocycles. The number of nitrogens with zero attached hydrogens (tertiary/aromatic N) is 3. The summed E-state index contributed by atoms with van der Waals surface area (Å²) < 4.78 is 47.2. The van der Waals surface area contributed by atoms with Crippen LogP contribution in [0.15, 0.2) is 60.7 Å². The van der Waals surface area contributed by atoms with E-state index in [0.717, 1.165) is 21.5 Å². The quantitative estimate of drug-likeness (QED) is 0.0959. The second kappa shape index (κ2) is 16.1. The molecule has 28 radical (unpaired) electrons. The number of aromatic nitrogens is 3. The first kappa shape index (κ1) is 43.8. The molecule has 0 amide bonds. The number of rotatable bonds is 6. The van der Waals surface area contributed by atoms with E-state index in [9.17, 15) is 13.2 Å². The van der Waals surface area contributed by atoms with Crippen molar-refractivity contribution in [2.75, 3.05) is 0 Å². The summed E-state index contributed by atoms with van der Waals surface area (Å²) >= 11 is -0.739. The smallest absolute Gasteiger partial charge is 0.416 e. The molecular formula is C40H10B14F3N3OS. The minimum Gasteiger partial charge on any atom is -0.416 e. The van der Waals surface area contributed by atoms with Crippen LogP contribution in [0.2, 0.25) is 0 Å². The van der Waals surface area contributed by atoms with Crippen molar-refractivity contribution in [2.45, 2.75) is 5.51 Å². The molecule has 62 heavy (non-hydrogen) atoms. The average molecular weight is 789 g/mol. The monoisotopic (exact) mass is 791 g/mol. The molecule has 0 atom stereocenters. The predicted octanol–water partition coefficient (Wildman–Crippen LogP) is -5.34. The van der Waals surface area contributed by atoms with E-state index in [1.54, 1.807) is 6.07 Å². The number of hydrogen-bond acceptors (Lipinski definition) is 5. The molecule has 0 unspecified atom stereocenters. The van der Waals surface area contributed by atoms with Crippen LogP contribution in [0.5, 0.6) is 5.75 Å². The SMILES string of the molecule is [B]c1c([B])c([B])c(-c2nc(-c3cc4c5ccccc5c5ccccc5c4cc3OSC(F)(F)F)nc(-c3c([B])c([B])c(-c4c([B])c([B])c([B])c([B])c4[B])c([B])c3[B])n2)c([B])c1[B]. The Morgan fingerprint density at radius 1 is 0.371 bits per heavy atom. The van der Waals surface area contributed by atoms with Crippen molar-refractivity contribution in [3.05, 3.63) is 60.7 Å². The van der Waals surface area contributed by atoms with E-state index in [2.05, 4.69) is 9.97 Å². The summed E-state index contributed by atoms with van der Waals surface area (Å²) in [6.45, 7) is 0. The molecule has 0 aliphatic heterocycles. The maximum Gasteiger partial charge on any atom is 0.479 e. The van der Waals surface area contributed by atoms with Gasteiger partial charge < -0.3 is 4.18 Å². The molecule has 1 aromatic heterocycles. The normalized spacial score (nSPS) is 11.8. The van der Waals surface area contributed by atoms with E-state index in [0.29, 0.717) is 10.8 Å². The van der Waals surface area contributed by atoms with Gasteiger partial charge in [-0.05, 0) is 55.6 Å². The van der Waals surface area contributed by atoms with Crippen molar-refractivity contribution < 1.29 is 17.4 Å². The van der Waals surface area contributed by atoms with Crippen LogP contribution in [0, 0.1) is 0 Å². The highest BCUT2D eigenvalue weighted by Gasteiger charge is 2.33. The van der Waals surface area contributed by atoms with Gasteiger partial charge in [0.1, 0.15) is 116 Å². The number of halogens is 3. The lowest BCUT2D eigenvalue weighted by Gasteiger charge is -2.28. The standard InChI is InChI=1S/C40H10B14F3N3OS/c41-23-19(20-25(43)31(49)35(53)32(50)26(20)44)24(42)28(46)21(27(23)45)38-58-37(59-39(60-38)22-29(47)33(51)36(54)34(52)30(22)48)17-9-15-13-7-3-1-5-11(13)12-6-2-4-8-14(12)16(15)10-18(17)61-62-40(55,56)57/h1-10H. The van der Waals surface area contributed by atoms with Crippen LogP contribution < -0.4 is 80.7 Å². The zero-order chi connectivity index (χ0) is 44.8. The summed E-state index contributed by atoms with van der Waals surface area (Å²) in [5, 5.41) is 4.38. The van der Waals surface area contributed by atoms with Crippen molar-refractivity contribution in [1.29, 1.82) is 0 Å². The molecule has 0 fully saturated rings. The van der Waals surface area contributed by atoms with Crippen LogP contribution in [-0.4, -0.2) is 130 Å². The van der Waals surface area contributed by atoms with Gasteiger partial charge >= 0.3 is 5.51 Å². The molecule has 0 bridgehead atoms. The highest BCUT2D eigenvalue weighted by molar-refractivity contribution is 7.95. The van der Waals surface area contributed by atoms with Crippen LogP contribution in [0.1, 0.15) is 0 Å². The summed E-state index contributed by atoms with van der Waals surface area (Å²) in [5.74, 6) is -1.17. The van der Waals surface area contributed by atoms with Crippen molar-refractivity contribution in [3.8, 4) is 51.0 Å². The van der Waals surface area contributed by atoms with E-state index in [1.807, 2.05) is 48.5 Å². The molecular weight excluding hydrogens is 779 g/mol. The summed E-state index contributed by atoms with van der Waals surface area (Å²) in [4.78, 5) is 14.0. The minimum atomic E-state index is -4.83. The van der Waals surface area contributed by atoms with Crippen LogP contribution >= 0.6 is 12.0 Å². The fourth-order valence-corrected chi connectivity index (χ4v) is 7.86. The molecule has 0 spiro atoms. The Labute approximate surface area is 378 Å². The Morgan fingerprint density at radius 3 is 1.05 bits per heavy atom. The minimum absolute atomic E-state index is 0.000541. The number of fused-ring (bicyclic) bond motifs is 6. The predicted molar refractivity (Wildman–Crippen MR) is 264 cm³/mol. The molecule has 1 heterocycles. The van der Waals surface area contributed by atoms with Crippen LogP contribution in [0.4, 0.5) is 13.2 Å². The van der Waals surface area contributed by atoms with Crippen LogP contribution in [0.3, 0.4) is 0 Å². The fraction of sp³-hybridized carbons (Fsp3) is 0.0250. The molecule has 0 aliphatic carbocycles. The lowest BCUT2D eigenvalue weighted by Crippen LogP contribution is -2.57. The second-order valence-electron chi connectivity index (χ2n) is 14.2. The third-order valence-electron chi connectivity index (χ3n) is 10.7. The van der Waals surface area contributed by atoms with Gasteiger partial charge in [0.2, 0.25) is 0 Å². The maximum atomic E-state index is 13.9. The fourth-order valence-electron chi connectivity index (χ4n) is 7.54. The highest BCUT2D eigenvalue weighted by Crippen LogP contribution is 2.43. The first-order valence-electron chi connectivity index (χ1n) is 18.1. The lowest BCUT2D eigenvalue weighted by molar-refractivity contribution is -0.0369. The highest BCUT2D eigenvalue weighted by atomic mass is 32.2. The van der Waals surface area contributed by atoms with Gasteiger partial charge in [-0.1, -0.05) is 92.2 Å². The van der Waals surface area contributed by atoms with Crippen molar-refractivity contribution in [2.24, 2.45) is 0 Å². The van der Waals surface area contributed by atoms with Crippen LogP contribution in [-0.2, 0) is 0 Å². The molecule has 8 aromatic rings. The van der Waals surface area contributed by atoms with Gasteiger partial charge in [-0.15, -0.1) is 32.8 Å². The molecule has 22 heteroatoms. The summed E-state index contributed by atoms with van der Waals surface area (Å²) in [5.41, 5.74) is -7.40. The van der Waals surface area contributed by atoms with E-state index in [1.165, 1.54) is 6.07 Å². The molecule has 0 aliphatic rings. The second-order valence-corrected chi connectivity index (χ2v) is 15.0. The Hall–Kier alpha value is -4.82. The zero-order valence-corrected chi connectivity index (χ0v) is 33.0. The third-order valence-corrected chi connectivity index (χ3v) is 11.2.